The predicted octanol–water partition coefficient (Wildman–Crippen LogP) is 0.945. The predicted molar refractivity (Wildman–Crippen MR) is 59.1 cm³/mol. The van der Waals surface area contributed by atoms with E-state index in [2.05, 4.69) is 20.3 Å². The normalized spacial score (nSPS) is 12.4. The largest absolute Gasteiger partial charge is 0.480 e. The fourth-order valence-electron chi connectivity index (χ4n) is 1.21. The summed E-state index contributed by atoms with van der Waals surface area (Å²) in [4.78, 5) is 4.16. The molecule has 2 aromatic rings. The molecule has 0 aliphatic heterocycles. The van der Waals surface area contributed by atoms with Crippen molar-refractivity contribution in [3.8, 4) is 17.4 Å². The zero-order valence-corrected chi connectivity index (χ0v) is 9.62. The van der Waals surface area contributed by atoms with Gasteiger partial charge in [-0.2, -0.15) is 4.98 Å². The van der Waals surface area contributed by atoms with Crippen LogP contribution in [0.2, 0.25) is 0 Å². The van der Waals surface area contributed by atoms with Crippen molar-refractivity contribution >= 4 is 0 Å². The molecule has 0 bridgehead atoms. The number of rotatable bonds is 4. The Morgan fingerprint density at radius 1 is 1.41 bits per heavy atom. The molecule has 0 saturated heterocycles. The number of nitrogens with zero attached hydrogens (tertiary/aromatic N) is 4. The van der Waals surface area contributed by atoms with E-state index in [0.717, 1.165) is 6.42 Å². The molecule has 2 N–H and O–H groups in total. The fraction of sp³-hybridized carbons (Fsp3) is 0.400. The van der Waals surface area contributed by atoms with E-state index in [-0.39, 0.29) is 6.04 Å². The molecule has 2 rings (SSSR count). The molecule has 0 aliphatic rings. The quantitative estimate of drug-likeness (QED) is 0.841. The van der Waals surface area contributed by atoms with Crippen molar-refractivity contribution in [3.63, 3.8) is 0 Å². The van der Waals surface area contributed by atoms with Gasteiger partial charge in [0.2, 0.25) is 17.6 Å². The van der Waals surface area contributed by atoms with Crippen molar-refractivity contribution in [1.82, 2.24) is 20.3 Å². The van der Waals surface area contributed by atoms with Crippen molar-refractivity contribution in [2.24, 2.45) is 5.73 Å². The molecule has 0 spiro atoms. The van der Waals surface area contributed by atoms with Crippen LogP contribution in [0.4, 0.5) is 0 Å². The maximum Gasteiger partial charge on any atom is 0.243 e. The lowest BCUT2D eigenvalue weighted by molar-refractivity contribution is 0.352. The van der Waals surface area contributed by atoms with Gasteiger partial charge in [0.05, 0.1) is 13.2 Å². The first-order valence-electron chi connectivity index (χ1n) is 5.22. The van der Waals surface area contributed by atoms with Gasteiger partial charge in [-0.3, -0.25) is 0 Å². The second kappa shape index (κ2) is 4.88. The highest BCUT2D eigenvalue weighted by Gasteiger charge is 2.15. The number of hydrogen-bond donors (Lipinski definition) is 1. The van der Waals surface area contributed by atoms with Gasteiger partial charge in [0, 0.05) is 6.07 Å². The van der Waals surface area contributed by atoms with E-state index < -0.39 is 0 Å². The Kier molecular flexibility index (Phi) is 3.29. The molecule has 0 aliphatic carbocycles. The van der Waals surface area contributed by atoms with Crippen LogP contribution < -0.4 is 10.5 Å². The topological polar surface area (TPSA) is 100.0 Å². The van der Waals surface area contributed by atoms with Gasteiger partial charge in [0.15, 0.2) is 0 Å². The van der Waals surface area contributed by atoms with E-state index in [4.69, 9.17) is 15.0 Å². The van der Waals surface area contributed by atoms with Crippen LogP contribution in [0.3, 0.4) is 0 Å². The van der Waals surface area contributed by atoms with Gasteiger partial charge in [0.1, 0.15) is 5.69 Å². The van der Waals surface area contributed by atoms with Crippen molar-refractivity contribution in [3.05, 3.63) is 18.0 Å². The van der Waals surface area contributed by atoms with E-state index in [1.54, 1.807) is 12.1 Å². The van der Waals surface area contributed by atoms with Crippen molar-refractivity contribution < 1.29 is 9.26 Å². The van der Waals surface area contributed by atoms with Crippen molar-refractivity contribution in [2.75, 3.05) is 7.11 Å². The number of nitrogens with two attached hydrogens (primary N) is 1. The Bertz CT molecular complexity index is 482. The van der Waals surface area contributed by atoms with Gasteiger partial charge in [-0.1, -0.05) is 12.1 Å². The zero-order valence-electron chi connectivity index (χ0n) is 9.62. The highest BCUT2D eigenvalue weighted by molar-refractivity contribution is 5.47. The van der Waals surface area contributed by atoms with Gasteiger partial charge >= 0.3 is 0 Å². The zero-order chi connectivity index (χ0) is 12.3. The molecule has 17 heavy (non-hydrogen) atoms. The Balaban J connectivity index is 2.24. The summed E-state index contributed by atoms with van der Waals surface area (Å²) in [5, 5.41) is 11.5. The Labute approximate surface area is 98.0 Å². The minimum Gasteiger partial charge on any atom is -0.480 e. The van der Waals surface area contributed by atoms with E-state index >= 15 is 0 Å². The summed E-state index contributed by atoms with van der Waals surface area (Å²) >= 11 is 0. The average molecular weight is 235 g/mol. The summed E-state index contributed by atoms with van der Waals surface area (Å²) < 4.78 is 9.95. The van der Waals surface area contributed by atoms with Crippen molar-refractivity contribution in [1.29, 1.82) is 0 Å². The fourth-order valence-corrected chi connectivity index (χ4v) is 1.21. The lowest BCUT2D eigenvalue weighted by Gasteiger charge is -1.99. The molecule has 7 heteroatoms. The highest BCUT2D eigenvalue weighted by atomic mass is 16.5. The summed E-state index contributed by atoms with van der Waals surface area (Å²) in [6.45, 7) is 1.95. The molecule has 90 valence electrons. The van der Waals surface area contributed by atoms with Crippen LogP contribution in [0, 0.1) is 0 Å². The first kappa shape index (κ1) is 11.5. The van der Waals surface area contributed by atoms with Gasteiger partial charge < -0.3 is 15.0 Å². The summed E-state index contributed by atoms with van der Waals surface area (Å²) in [7, 11) is 1.52. The van der Waals surface area contributed by atoms with Crippen LogP contribution in [0.1, 0.15) is 25.3 Å². The second-order valence-electron chi connectivity index (χ2n) is 3.43. The van der Waals surface area contributed by atoms with E-state index in [9.17, 15) is 0 Å². The molecule has 0 amide bonds. The van der Waals surface area contributed by atoms with Gasteiger partial charge in [-0.15, -0.1) is 10.2 Å². The summed E-state index contributed by atoms with van der Waals surface area (Å²) in [5.74, 6) is 1.21. The Hall–Kier alpha value is -2.02. The molecule has 0 aromatic carbocycles. The van der Waals surface area contributed by atoms with Crippen LogP contribution >= 0.6 is 0 Å². The van der Waals surface area contributed by atoms with Gasteiger partial charge in [-0.05, 0) is 12.5 Å². The third-order valence-electron chi connectivity index (χ3n) is 2.28. The third-order valence-corrected chi connectivity index (χ3v) is 2.28. The number of hydrogen-bond acceptors (Lipinski definition) is 7. The highest BCUT2D eigenvalue weighted by Crippen LogP contribution is 2.17. The molecule has 1 atom stereocenters. The molecular weight excluding hydrogens is 222 g/mol. The van der Waals surface area contributed by atoms with Crippen LogP contribution in [0.25, 0.3) is 11.5 Å². The molecule has 0 saturated carbocycles. The molecule has 2 aromatic heterocycles. The maximum absolute atomic E-state index is 5.78. The van der Waals surface area contributed by atoms with Crippen LogP contribution in [-0.2, 0) is 0 Å². The summed E-state index contributed by atoms with van der Waals surface area (Å²) in [5.41, 5.74) is 6.30. The minimum atomic E-state index is -0.248. The third kappa shape index (κ3) is 2.39. The van der Waals surface area contributed by atoms with Crippen LogP contribution in [0.15, 0.2) is 16.7 Å². The van der Waals surface area contributed by atoms with Gasteiger partial charge in [-0.25, -0.2) is 0 Å². The summed E-state index contributed by atoms with van der Waals surface area (Å²) in [6.07, 6.45) is 0.732. The maximum atomic E-state index is 5.78. The average Bonchev–Trinajstić information content (AvgIpc) is 2.87. The SMILES string of the molecule is CC[C@@H](N)c1nc(-c2ccc(OC)nn2)no1. The van der Waals surface area contributed by atoms with Gasteiger partial charge in [0.25, 0.3) is 0 Å². The van der Waals surface area contributed by atoms with Crippen LogP contribution in [0.5, 0.6) is 5.88 Å². The lowest BCUT2D eigenvalue weighted by Crippen LogP contribution is -2.08. The van der Waals surface area contributed by atoms with Crippen molar-refractivity contribution in [2.45, 2.75) is 19.4 Å². The molecular formula is C10H13N5O2. The standard InChI is InChI=1S/C10H13N5O2/c1-3-6(11)10-12-9(15-17-10)7-4-5-8(16-2)14-13-7/h4-6H,3,11H2,1-2H3/t6-/m1/s1. The number of ether oxygens (including phenoxy) is 1. The molecule has 0 fully saturated rings. The first-order chi connectivity index (χ1) is 8.24. The number of methoxy groups -OCH3 is 1. The molecule has 0 unspecified atom stereocenters. The Morgan fingerprint density at radius 2 is 2.24 bits per heavy atom. The minimum absolute atomic E-state index is 0.248. The van der Waals surface area contributed by atoms with E-state index in [0.29, 0.717) is 23.3 Å². The molecule has 2 heterocycles. The second-order valence-corrected chi connectivity index (χ2v) is 3.43. The summed E-state index contributed by atoms with van der Waals surface area (Å²) in [6, 6.07) is 3.14. The van der Waals surface area contributed by atoms with E-state index in [1.807, 2.05) is 6.92 Å². The molecule has 7 nitrogen and oxygen atoms in total. The van der Waals surface area contributed by atoms with E-state index in [1.165, 1.54) is 7.11 Å². The first-order valence-corrected chi connectivity index (χ1v) is 5.22. The lowest BCUT2D eigenvalue weighted by atomic mass is 10.2. The number of aromatic nitrogens is 4. The Morgan fingerprint density at radius 3 is 2.82 bits per heavy atom. The van der Waals surface area contributed by atoms with Crippen LogP contribution in [-0.4, -0.2) is 27.4 Å². The smallest absolute Gasteiger partial charge is 0.243 e. The molecule has 0 radical (unpaired) electrons. The monoisotopic (exact) mass is 235 g/mol.